The van der Waals surface area contributed by atoms with Gasteiger partial charge in [-0.25, -0.2) is 0 Å². The van der Waals surface area contributed by atoms with Crippen LogP contribution in [0.25, 0.3) is 11.2 Å². The number of rotatable bonds is 5. The molecule has 11 heteroatoms. The van der Waals surface area contributed by atoms with Crippen molar-refractivity contribution in [3.63, 3.8) is 0 Å². The Morgan fingerprint density at radius 3 is 2.53 bits per heavy atom. The van der Waals surface area contributed by atoms with E-state index >= 15 is 0 Å². The van der Waals surface area contributed by atoms with Crippen molar-refractivity contribution < 1.29 is 9.53 Å². The first kappa shape index (κ1) is 21.3. The van der Waals surface area contributed by atoms with E-state index in [1.54, 1.807) is 36.0 Å². The summed E-state index contributed by atoms with van der Waals surface area (Å²) in [6, 6.07) is 7.00. The van der Waals surface area contributed by atoms with Crippen LogP contribution in [0.4, 0.5) is 5.82 Å². The number of hydrogen-bond donors (Lipinski definition) is 0. The molecule has 0 bridgehead atoms. The summed E-state index contributed by atoms with van der Waals surface area (Å²) in [6.45, 7) is 2.62. The molecule has 0 spiro atoms. The van der Waals surface area contributed by atoms with E-state index in [9.17, 15) is 4.79 Å². The number of fused-ring (bicyclic) bond motifs is 1. The number of imidazole rings is 1. The molecule has 8 nitrogen and oxygen atoms in total. The van der Waals surface area contributed by atoms with Gasteiger partial charge < -0.3 is 0 Å². The first-order chi connectivity index (χ1) is 14.5. The summed E-state index contributed by atoms with van der Waals surface area (Å²) in [4.78, 5) is 30.6. The molecule has 30 heavy (non-hydrogen) atoms. The van der Waals surface area contributed by atoms with Crippen LogP contribution in [-0.4, -0.2) is 86.2 Å². The summed E-state index contributed by atoms with van der Waals surface area (Å²) in [7, 11) is 1.97. The van der Waals surface area contributed by atoms with E-state index < -0.39 is 0 Å². The summed E-state index contributed by atoms with van der Waals surface area (Å²) < 4.78 is 8.37. The van der Waals surface area contributed by atoms with Gasteiger partial charge in [0.2, 0.25) is 0 Å². The number of aromatic nitrogens is 4. The number of ether oxygens (including phenoxy) is 1. The number of amides is 1. The number of anilines is 1. The Morgan fingerprint density at radius 2 is 1.87 bits per heavy atom. The number of carbonyl (C=O) groups is 1. The van der Waals surface area contributed by atoms with Crippen LogP contribution < -0.4 is 14.2 Å². The van der Waals surface area contributed by atoms with Crippen molar-refractivity contribution in [1.82, 2.24) is 24.4 Å². The molecule has 1 aromatic carbocycles. The number of carbonyl (C=O) groups excluding carboxylic acids is 1. The number of piperazine rings is 1. The van der Waals surface area contributed by atoms with Crippen molar-refractivity contribution in [2.45, 2.75) is 5.16 Å². The minimum absolute atomic E-state index is 0.0122. The number of hydrogen-bond acceptors (Lipinski definition) is 7. The van der Waals surface area contributed by atoms with Gasteiger partial charge in [0, 0.05) is 5.02 Å². The topological polar surface area (TPSA) is 76.4 Å². The van der Waals surface area contributed by atoms with Crippen LogP contribution in [0.15, 0.2) is 29.4 Å². The monoisotopic (exact) mass is 508 g/mol. The molecule has 1 aliphatic heterocycles. The second-order valence-electron chi connectivity index (χ2n) is 6.85. The van der Waals surface area contributed by atoms with Crippen LogP contribution in [0.3, 0.4) is 0 Å². The Hall–Kier alpha value is -1.96. The van der Waals surface area contributed by atoms with Gasteiger partial charge in [-0.15, -0.1) is 0 Å². The predicted molar refractivity (Wildman–Crippen MR) is 122 cm³/mol. The molecule has 3 heterocycles. The zero-order valence-corrected chi connectivity index (χ0v) is 20.7. The van der Waals surface area contributed by atoms with Crippen LogP contribution in [-0.2, 0) is 11.8 Å². The van der Waals surface area contributed by atoms with Crippen molar-refractivity contribution in [2.24, 2.45) is 7.05 Å². The molecule has 3 aromatic rings. The molecule has 158 valence electrons. The van der Waals surface area contributed by atoms with Crippen molar-refractivity contribution in [1.29, 1.82) is 0 Å². The van der Waals surface area contributed by atoms with Crippen molar-refractivity contribution in [3.05, 3.63) is 29.3 Å². The summed E-state index contributed by atoms with van der Waals surface area (Å²) in [5.41, 5.74) is 1.66. The Bertz CT molecular complexity index is 1070. The summed E-state index contributed by atoms with van der Waals surface area (Å²) in [5, 5.41) is 1.55. The molecule has 0 N–H and O–H groups in total. The molecule has 1 unspecified atom stereocenters. The molecule has 1 atom stereocenters. The Balaban J connectivity index is 1.42. The quantitative estimate of drug-likeness (QED) is 0.371. The van der Waals surface area contributed by atoms with Gasteiger partial charge in [0.15, 0.2) is 0 Å². The van der Waals surface area contributed by atoms with Gasteiger partial charge in [0.25, 0.3) is 0 Å². The summed E-state index contributed by atoms with van der Waals surface area (Å²) >= 11 is 8.85. The molecule has 0 radical (unpaired) electrons. The van der Waals surface area contributed by atoms with Crippen LogP contribution in [0.1, 0.15) is 0 Å². The van der Waals surface area contributed by atoms with E-state index in [2.05, 4.69) is 14.9 Å². The van der Waals surface area contributed by atoms with E-state index in [0.29, 0.717) is 37.0 Å². The zero-order valence-electron chi connectivity index (χ0n) is 16.7. The van der Waals surface area contributed by atoms with E-state index in [-0.39, 0.29) is 12.5 Å². The van der Waals surface area contributed by atoms with Crippen LogP contribution in [0.5, 0.6) is 5.75 Å². The van der Waals surface area contributed by atoms with Crippen LogP contribution >= 0.6 is 23.4 Å². The second kappa shape index (κ2) is 9.04. The van der Waals surface area contributed by atoms with E-state index in [4.69, 9.17) is 21.3 Å². The normalized spacial score (nSPS) is 14.4. The van der Waals surface area contributed by atoms with Gasteiger partial charge in [-0.3, -0.25) is 0 Å². The number of benzene rings is 1. The zero-order chi connectivity index (χ0) is 21.3. The van der Waals surface area contributed by atoms with E-state index in [0.717, 1.165) is 26.8 Å². The maximum absolute atomic E-state index is 12.5. The van der Waals surface area contributed by atoms with Crippen LogP contribution in [0, 0.1) is 0 Å². The second-order valence-corrected chi connectivity index (χ2v) is 9.14. The number of aryl methyl sites for hydroxylation is 1. The summed E-state index contributed by atoms with van der Waals surface area (Å²) in [6.07, 6.45) is 2.00. The average Bonchev–Trinajstić information content (AvgIpc) is 3.08. The SMILES string of the molecule is CSc1nc2c(N3CCN(C(=O)COc4ccc(Cl)cc4)CC3)nc([AsH2])nc2n1C. The fraction of sp³-hybridized carbons (Fsp3) is 0.368. The molecule has 2 aromatic heterocycles. The molecule has 1 aliphatic rings. The van der Waals surface area contributed by atoms with E-state index in [1.807, 2.05) is 22.8 Å². The minimum atomic E-state index is -0.0283. The molecular formula is C19H22AsClN6O2S. The Kier molecular flexibility index (Phi) is 6.41. The number of thioether (sulfide) groups is 1. The van der Waals surface area contributed by atoms with Gasteiger partial charge >= 0.3 is 164 Å². The standard InChI is InChI=1S/C19H22AsClN6O2S/c1-25-16-15(22-19(25)30-2)17(24-18(20)23-16)27-9-7-26(8-10-27)14(28)11-29-13-5-3-12(21)4-6-13/h3-6H,7-11,20H2,1-2H3. The molecular weight excluding hydrogens is 487 g/mol. The van der Waals surface area contributed by atoms with Gasteiger partial charge in [-0.1, -0.05) is 11.6 Å². The third kappa shape index (κ3) is 4.38. The summed E-state index contributed by atoms with van der Waals surface area (Å²) in [5.74, 6) is 1.45. The average molecular weight is 509 g/mol. The fourth-order valence-corrected chi connectivity index (χ4v) is 4.56. The van der Waals surface area contributed by atoms with Gasteiger partial charge in [-0.05, 0) is 12.1 Å². The molecule has 0 saturated carbocycles. The third-order valence-corrected chi connectivity index (χ3v) is 6.49. The van der Waals surface area contributed by atoms with Crippen molar-refractivity contribution in [3.8, 4) is 5.75 Å². The number of halogens is 1. The molecule has 1 amide bonds. The van der Waals surface area contributed by atoms with E-state index in [1.165, 1.54) is 16.9 Å². The van der Waals surface area contributed by atoms with Gasteiger partial charge in [0.05, 0.1) is 0 Å². The first-order valence-corrected chi connectivity index (χ1v) is 12.2. The number of nitrogens with zero attached hydrogens (tertiary/aromatic N) is 6. The van der Waals surface area contributed by atoms with Crippen molar-refractivity contribution in [2.75, 3.05) is 43.9 Å². The Morgan fingerprint density at radius 1 is 1.17 bits per heavy atom. The molecule has 0 aliphatic carbocycles. The van der Waals surface area contributed by atoms with Crippen LogP contribution in [0.2, 0.25) is 5.02 Å². The van der Waals surface area contributed by atoms with Crippen molar-refractivity contribution >= 4 is 67.7 Å². The van der Waals surface area contributed by atoms with Gasteiger partial charge in [0.1, 0.15) is 0 Å². The fourth-order valence-electron chi connectivity index (χ4n) is 3.38. The predicted octanol–water partition coefficient (Wildman–Crippen LogP) is 0.725. The first-order valence-electron chi connectivity index (χ1n) is 9.41. The third-order valence-electron chi connectivity index (χ3n) is 4.97. The van der Waals surface area contributed by atoms with Gasteiger partial charge in [-0.2, -0.15) is 0 Å². The molecule has 1 fully saturated rings. The maximum atomic E-state index is 12.5. The molecule has 4 rings (SSSR count). The molecule has 1 saturated heterocycles. The Labute approximate surface area is 192 Å².